The number of rotatable bonds is 1. The van der Waals surface area contributed by atoms with E-state index in [1.807, 2.05) is 0 Å². The molecule has 0 aromatic rings. The monoisotopic (exact) mass is 190 g/mol. The molecule has 0 heterocycles. The normalized spacial score (nSPS) is 6.00. The van der Waals surface area contributed by atoms with Gasteiger partial charge in [0.15, 0.2) is 0 Å². The fourth-order valence-corrected chi connectivity index (χ4v) is 0. The van der Waals surface area contributed by atoms with E-state index in [1.54, 1.807) is 0 Å². The van der Waals surface area contributed by atoms with Crippen LogP contribution in [0.1, 0.15) is 19.8 Å². The first-order valence-corrected chi connectivity index (χ1v) is 1.71. The standard InChI is InChI=1S/C4H9.Cs/c1-3-4-2;/h1,3-4H2,2H3;/q-1;+1. The van der Waals surface area contributed by atoms with E-state index < -0.39 is 0 Å². The second kappa shape index (κ2) is 9.41. The summed E-state index contributed by atoms with van der Waals surface area (Å²) in [6.45, 7) is 5.72. The van der Waals surface area contributed by atoms with Gasteiger partial charge in [-0.1, -0.05) is 13.3 Å². The number of hydrogen-bond donors (Lipinski definition) is 0. The van der Waals surface area contributed by atoms with Crippen molar-refractivity contribution in [1.29, 1.82) is 0 Å². The second-order valence-corrected chi connectivity index (χ2v) is 0.854. The van der Waals surface area contributed by atoms with Crippen molar-refractivity contribution in [3.05, 3.63) is 6.92 Å². The molecule has 0 saturated heterocycles. The molecule has 0 radical (unpaired) electrons. The molecule has 0 aliphatic rings. The molecule has 1 heteroatoms. The smallest absolute Gasteiger partial charge is 0.343 e. The van der Waals surface area contributed by atoms with Crippen molar-refractivity contribution < 1.29 is 68.9 Å². The van der Waals surface area contributed by atoms with Crippen molar-refractivity contribution in [2.24, 2.45) is 0 Å². The van der Waals surface area contributed by atoms with Crippen LogP contribution >= 0.6 is 0 Å². The molecule has 0 fully saturated rings. The van der Waals surface area contributed by atoms with Crippen molar-refractivity contribution in [3.8, 4) is 0 Å². The van der Waals surface area contributed by atoms with E-state index in [9.17, 15) is 0 Å². The molecule has 0 aliphatic carbocycles. The van der Waals surface area contributed by atoms with Gasteiger partial charge in [0.2, 0.25) is 0 Å². The summed E-state index contributed by atoms with van der Waals surface area (Å²) in [7, 11) is 0. The van der Waals surface area contributed by atoms with Crippen LogP contribution in [0.2, 0.25) is 0 Å². The molecule has 0 rings (SSSR count). The first-order valence-electron chi connectivity index (χ1n) is 1.71. The molecule has 0 aliphatic heterocycles. The average Bonchev–Trinajstić information content (AvgIpc) is 1.37. The van der Waals surface area contributed by atoms with Gasteiger partial charge >= 0.3 is 68.9 Å². The fraction of sp³-hybridized carbons (Fsp3) is 0.750. The van der Waals surface area contributed by atoms with Crippen molar-refractivity contribution in [3.63, 3.8) is 0 Å². The van der Waals surface area contributed by atoms with E-state index >= 15 is 0 Å². The van der Waals surface area contributed by atoms with Crippen molar-refractivity contribution in [2.75, 3.05) is 0 Å². The Bertz CT molecular complexity index is 5.61. The van der Waals surface area contributed by atoms with Crippen LogP contribution in [0.15, 0.2) is 0 Å². The first kappa shape index (κ1) is 10.1. The maximum absolute atomic E-state index is 3.60. The van der Waals surface area contributed by atoms with Gasteiger partial charge in [0.25, 0.3) is 0 Å². The van der Waals surface area contributed by atoms with Crippen molar-refractivity contribution in [2.45, 2.75) is 19.8 Å². The molecule has 5 heavy (non-hydrogen) atoms. The Morgan fingerprint density at radius 3 is 1.80 bits per heavy atom. The Morgan fingerprint density at radius 2 is 1.80 bits per heavy atom. The van der Waals surface area contributed by atoms with Gasteiger partial charge in [0.05, 0.1) is 0 Å². The molecule has 0 nitrogen and oxygen atoms in total. The Kier molecular flexibility index (Phi) is 19.0. The number of hydrogen-bond acceptors (Lipinski definition) is 0. The molecule has 0 amide bonds. The Hall–Kier alpha value is 2.05. The van der Waals surface area contributed by atoms with Crippen molar-refractivity contribution in [1.82, 2.24) is 0 Å². The molecular formula is C4H9Cs. The Morgan fingerprint density at radius 1 is 1.60 bits per heavy atom. The zero-order valence-electron chi connectivity index (χ0n) is 4.12. The quantitative estimate of drug-likeness (QED) is 0.447. The number of unbranched alkanes of at least 4 members (excludes halogenated alkanes) is 1. The SMILES string of the molecule is [CH2-]CCC.[Cs+]. The zero-order chi connectivity index (χ0) is 3.41. The van der Waals surface area contributed by atoms with Crippen LogP contribution < -0.4 is 68.9 Å². The van der Waals surface area contributed by atoms with Gasteiger partial charge in [0.1, 0.15) is 0 Å². The molecule has 0 unspecified atom stereocenters. The minimum absolute atomic E-state index is 0. The molecule has 0 atom stereocenters. The molecule has 0 saturated carbocycles. The summed E-state index contributed by atoms with van der Waals surface area (Å²) in [5, 5.41) is 0. The third-order valence-corrected chi connectivity index (χ3v) is 0.354. The maximum Gasteiger partial charge on any atom is 1.00 e. The largest absolute Gasteiger partial charge is 1.00 e. The first-order chi connectivity index (χ1) is 1.91. The molecule has 0 spiro atoms. The van der Waals surface area contributed by atoms with Crippen LogP contribution in [0.25, 0.3) is 0 Å². The summed E-state index contributed by atoms with van der Waals surface area (Å²) < 4.78 is 0. The molecule has 0 N–H and O–H groups in total. The van der Waals surface area contributed by atoms with Gasteiger partial charge in [-0.05, 0) is 0 Å². The van der Waals surface area contributed by atoms with Crippen LogP contribution in [-0.4, -0.2) is 0 Å². The van der Waals surface area contributed by atoms with E-state index in [-0.39, 0.29) is 68.9 Å². The third-order valence-electron chi connectivity index (χ3n) is 0.354. The van der Waals surface area contributed by atoms with Gasteiger partial charge in [0, 0.05) is 0 Å². The predicted octanol–water partition coefficient (Wildman–Crippen LogP) is -1.38. The summed E-state index contributed by atoms with van der Waals surface area (Å²) in [5.74, 6) is 0. The molecular weight excluding hydrogens is 181 g/mol. The van der Waals surface area contributed by atoms with Crippen LogP contribution in [0, 0.1) is 6.92 Å². The van der Waals surface area contributed by atoms with Gasteiger partial charge < -0.3 is 6.92 Å². The second-order valence-electron chi connectivity index (χ2n) is 0.854. The Labute approximate surface area is 93.1 Å². The van der Waals surface area contributed by atoms with E-state index in [0.717, 1.165) is 6.42 Å². The average molecular weight is 190 g/mol. The predicted molar refractivity (Wildman–Crippen MR) is 20.3 cm³/mol. The van der Waals surface area contributed by atoms with Gasteiger partial charge in [-0.15, -0.1) is 0 Å². The van der Waals surface area contributed by atoms with E-state index in [2.05, 4.69) is 13.8 Å². The van der Waals surface area contributed by atoms with Crippen LogP contribution in [0.4, 0.5) is 0 Å². The fourth-order valence-electron chi connectivity index (χ4n) is 0. The molecule has 26 valence electrons. The minimum Gasteiger partial charge on any atom is -0.343 e. The van der Waals surface area contributed by atoms with Crippen LogP contribution in [0.3, 0.4) is 0 Å². The van der Waals surface area contributed by atoms with Crippen molar-refractivity contribution >= 4 is 0 Å². The van der Waals surface area contributed by atoms with Crippen LogP contribution in [0.5, 0.6) is 0 Å². The van der Waals surface area contributed by atoms with Gasteiger partial charge in [-0.25, -0.2) is 0 Å². The summed E-state index contributed by atoms with van der Waals surface area (Å²) in [5.41, 5.74) is 0. The Balaban J connectivity index is 0. The molecule has 0 aromatic heterocycles. The third kappa shape index (κ3) is 10.7. The molecule has 0 bridgehead atoms. The van der Waals surface area contributed by atoms with Gasteiger partial charge in [-0.3, -0.25) is 0 Å². The summed E-state index contributed by atoms with van der Waals surface area (Å²) >= 11 is 0. The topological polar surface area (TPSA) is 0 Å². The summed E-state index contributed by atoms with van der Waals surface area (Å²) in [6.07, 6.45) is 2.28. The minimum atomic E-state index is 0. The maximum atomic E-state index is 3.60. The van der Waals surface area contributed by atoms with Crippen LogP contribution in [-0.2, 0) is 0 Å². The van der Waals surface area contributed by atoms with Gasteiger partial charge in [-0.2, -0.15) is 6.42 Å². The summed E-state index contributed by atoms with van der Waals surface area (Å²) in [4.78, 5) is 0. The molecule has 0 aromatic carbocycles. The summed E-state index contributed by atoms with van der Waals surface area (Å²) in [6, 6.07) is 0. The van der Waals surface area contributed by atoms with E-state index in [0.29, 0.717) is 0 Å². The zero-order valence-corrected chi connectivity index (χ0v) is 10.4. The van der Waals surface area contributed by atoms with E-state index in [1.165, 1.54) is 6.42 Å². The van der Waals surface area contributed by atoms with E-state index in [4.69, 9.17) is 0 Å².